The van der Waals surface area contributed by atoms with Gasteiger partial charge < -0.3 is 4.74 Å². The number of hydrogen-bond donors (Lipinski definition) is 0. The highest BCUT2D eigenvalue weighted by atomic mass is 32.2. The lowest BCUT2D eigenvalue weighted by Gasteiger charge is -2.23. The lowest BCUT2D eigenvalue weighted by Crippen LogP contribution is -2.27. The molecule has 2 atom stereocenters. The van der Waals surface area contributed by atoms with Crippen LogP contribution < -0.4 is 0 Å². The van der Waals surface area contributed by atoms with Gasteiger partial charge in [0.1, 0.15) is 5.60 Å². The second kappa shape index (κ2) is 10.2. The maximum absolute atomic E-state index is 12.4. The summed E-state index contributed by atoms with van der Waals surface area (Å²) in [4.78, 5) is 12.3. The van der Waals surface area contributed by atoms with Crippen LogP contribution in [0, 0.1) is 18.8 Å². The number of hydrogen-bond acceptors (Lipinski definition) is 5. The van der Waals surface area contributed by atoms with Crippen LogP contribution in [0.1, 0.15) is 65.9 Å². The van der Waals surface area contributed by atoms with E-state index in [0.717, 1.165) is 24.8 Å². The first-order valence-corrected chi connectivity index (χ1v) is 11.0. The Labute approximate surface area is 164 Å². The predicted molar refractivity (Wildman–Crippen MR) is 107 cm³/mol. The molecule has 0 bridgehead atoms. The normalized spacial score (nSPS) is 14.6. The van der Waals surface area contributed by atoms with Gasteiger partial charge in [-0.25, -0.2) is 0 Å². The zero-order chi connectivity index (χ0) is 20.7. The molecule has 0 saturated carbocycles. The fourth-order valence-corrected chi connectivity index (χ4v) is 3.94. The summed E-state index contributed by atoms with van der Waals surface area (Å²) in [5, 5.41) is 0. The van der Waals surface area contributed by atoms with Crippen molar-refractivity contribution >= 4 is 16.1 Å². The second-order valence-corrected chi connectivity index (χ2v) is 9.95. The topological polar surface area (TPSA) is 69.7 Å². The minimum atomic E-state index is -3.84. The predicted octanol–water partition coefficient (Wildman–Crippen LogP) is 4.87. The Morgan fingerprint density at radius 2 is 1.74 bits per heavy atom. The Hall–Kier alpha value is -1.40. The van der Waals surface area contributed by atoms with Crippen molar-refractivity contribution in [3.63, 3.8) is 0 Å². The molecule has 0 amide bonds. The van der Waals surface area contributed by atoms with Crippen molar-refractivity contribution in [3.05, 3.63) is 29.8 Å². The molecule has 5 nitrogen and oxygen atoms in total. The molecule has 154 valence electrons. The summed E-state index contributed by atoms with van der Waals surface area (Å²) in [6.07, 6.45) is 2.93. The Morgan fingerprint density at radius 3 is 2.26 bits per heavy atom. The minimum absolute atomic E-state index is 0.0243. The van der Waals surface area contributed by atoms with Crippen molar-refractivity contribution in [1.29, 1.82) is 0 Å². The van der Waals surface area contributed by atoms with Crippen molar-refractivity contribution in [3.8, 4) is 0 Å². The SMILES string of the molecule is CCCC(C)C[C@H](COS(=O)(=O)c1ccc(C)cc1)CC(=O)OC(C)(C)C. The number of benzene rings is 1. The van der Waals surface area contributed by atoms with Gasteiger partial charge in [-0.05, 0) is 58.1 Å². The number of rotatable bonds is 10. The van der Waals surface area contributed by atoms with E-state index in [1.165, 1.54) is 12.1 Å². The molecule has 0 saturated heterocycles. The van der Waals surface area contributed by atoms with Crippen LogP contribution in [0.25, 0.3) is 0 Å². The average molecular weight is 399 g/mol. The average Bonchev–Trinajstić information content (AvgIpc) is 2.51. The van der Waals surface area contributed by atoms with Crippen LogP contribution in [-0.4, -0.2) is 26.6 Å². The molecule has 0 N–H and O–H groups in total. The fourth-order valence-electron chi connectivity index (χ4n) is 2.97. The van der Waals surface area contributed by atoms with Gasteiger partial charge in [-0.1, -0.05) is 44.4 Å². The highest BCUT2D eigenvalue weighted by Gasteiger charge is 2.25. The van der Waals surface area contributed by atoms with Crippen LogP contribution in [0.15, 0.2) is 29.2 Å². The van der Waals surface area contributed by atoms with Crippen LogP contribution in [0.4, 0.5) is 0 Å². The zero-order valence-corrected chi connectivity index (χ0v) is 18.3. The number of carbonyl (C=O) groups is 1. The molecule has 0 spiro atoms. The van der Waals surface area contributed by atoms with Crippen LogP contribution in [0.2, 0.25) is 0 Å². The molecule has 0 aliphatic rings. The molecular formula is C21H34O5S. The van der Waals surface area contributed by atoms with Gasteiger partial charge >= 0.3 is 5.97 Å². The lowest BCUT2D eigenvalue weighted by molar-refractivity contribution is -0.156. The van der Waals surface area contributed by atoms with E-state index in [9.17, 15) is 13.2 Å². The summed E-state index contributed by atoms with van der Waals surface area (Å²) < 4.78 is 35.6. The van der Waals surface area contributed by atoms with Crippen LogP contribution >= 0.6 is 0 Å². The van der Waals surface area contributed by atoms with Crippen LogP contribution in [0.3, 0.4) is 0 Å². The third-order valence-electron chi connectivity index (χ3n) is 4.16. The molecule has 1 aromatic rings. The maximum Gasteiger partial charge on any atom is 0.306 e. The molecule has 27 heavy (non-hydrogen) atoms. The fraction of sp³-hybridized carbons (Fsp3) is 0.667. The highest BCUT2D eigenvalue weighted by Crippen LogP contribution is 2.24. The first-order valence-electron chi connectivity index (χ1n) is 9.61. The summed E-state index contributed by atoms with van der Waals surface area (Å²) in [5.41, 5.74) is 0.413. The Morgan fingerprint density at radius 1 is 1.15 bits per heavy atom. The minimum Gasteiger partial charge on any atom is -0.460 e. The summed E-state index contributed by atoms with van der Waals surface area (Å²) in [7, 11) is -3.84. The number of ether oxygens (including phenoxy) is 1. The summed E-state index contributed by atoms with van der Waals surface area (Å²) in [5.74, 6) is -0.151. The number of esters is 1. The Balaban J connectivity index is 2.80. The summed E-state index contributed by atoms with van der Waals surface area (Å²) in [6.45, 7) is 11.5. The van der Waals surface area contributed by atoms with E-state index in [1.807, 2.05) is 27.7 Å². The van der Waals surface area contributed by atoms with Crippen molar-refractivity contribution in [2.75, 3.05) is 6.61 Å². The van der Waals surface area contributed by atoms with Crippen molar-refractivity contribution < 1.29 is 22.1 Å². The van der Waals surface area contributed by atoms with Gasteiger partial charge in [0.05, 0.1) is 17.9 Å². The van der Waals surface area contributed by atoms with E-state index in [2.05, 4.69) is 13.8 Å². The van der Waals surface area contributed by atoms with Gasteiger partial charge in [-0.15, -0.1) is 0 Å². The van der Waals surface area contributed by atoms with Gasteiger partial charge in [0.25, 0.3) is 10.1 Å². The summed E-state index contributed by atoms with van der Waals surface area (Å²) >= 11 is 0. The third-order valence-corrected chi connectivity index (χ3v) is 5.46. The van der Waals surface area contributed by atoms with Gasteiger partial charge in [-0.3, -0.25) is 8.98 Å². The molecule has 0 aromatic heterocycles. The van der Waals surface area contributed by atoms with E-state index in [4.69, 9.17) is 8.92 Å². The zero-order valence-electron chi connectivity index (χ0n) is 17.4. The molecule has 0 heterocycles. The van der Waals surface area contributed by atoms with E-state index in [1.54, 1.807) is 12.1 Å². The first-order chi connectivity index (χ1) is 12.4. The standard InChI is InChI=1S/C21H34O5S/c1-7-8-17(3)13-18(14-20(22)26-21(4,5)6)15-25-27(23,24)19-11-9-16(2)10-12-19/h9-12,17-18H,7-8,13-15H2,1-6H3/t17?,18-/m0/s1. The van der Waals surface area contributed by atoms with Crippen molar-refractivity contribution in [2.45, 2.75) is 77.7 Å². The molecule has 0 radical (unpaired) electrons. The molecule has 0 aliphatic heterocycles. The van der Waals surface area contributed by atoms with E-state index >= 15 is 0 Å². The third kappa shape index (κ3) is 9.38. The highest BCUT2D eigenvalue weighted by molar-refractivity contribution is 7.86. The van der Waals surface area contributed by atoms with E-state index in [-0.39, 0.29) is 29.8 Å². The molecular weight excluding hydrogens is 364 g/mol. The number of carbonyl (C=O) groups excluding carboxylic acids is 1. The molecule has 1 aromatic carbocycles. The Kier molecular flexibility index (Phi) is 8.95. The van der Waals surface area contributed by atoms with Gasteiger partial charge in [0.15, 0.2) is 0 Å². The molecule has 1 rings (SSSR count). The molecule has 0 fully saturated rings. The van der Waals surface area contributed by atoms with Gasteiger partial charge in [-0.2, -0.15) is 8.42 Å². The Bertz CT molecular complexity index is 686. The maximum atomic E-state index is 12.4. The van der Waals surface area contributed by atoms with Crippen molar-refractivity contribution in [1.82, 2.24) is 0 Å². The molecule has 0 aliphatic carbocycles. The molecule has 6 heteroatoms. The quantitative estimate of drug-likeness (QED) is 0.415. The van der Waals surface area contributed by atoms with Crippen LogP contribution in [0.5, 0.6) is 0 Å². The largest absolute Gasteiger partial charge is 0.460 e. The summed E-state index contributed by atoms with van der Waals surface area (Å²) in [6, 6.07) is 6.54. The van der Waals surface area contributed by atoms with E-state index in [0.29, 0.717) is 5.92 Å². The monoisotopic (exact) mass is 398 g/mol. The smallest absolute Gasteiger partial charge is 0.306 e. The first kappa shape index (κ1) is 23.6. The molecule has 1 unspecified atom stereocenters. The van der Waals surface area contributed by atoms with Gasteiger partial charge in [0.2, 0.25) is 0 Å². The van der Waals surface area contributed by atoms with E-state index < -0.39 is 15.7 Å². The van der Waals surface area contributed by atoms with Gasteiger partial charge in [0, 0.05) is 0 Å². The lowest BCUT2D eigenvalue weighted by atomic mass is 9.91. The number of aryl methyl sites for hydroxylation is 1. The van der Waals surface area contributed by atoms with Crippen LogP contribution in [-0.2, 0) is 23.8 Å². The van der Waals surface area contributed by atoms with Crippen molar-refractivity contribution in [2.24, 2.45) is 11.8 Å². The second-order valence-electron chi connectivity index (χ2n) is 8.34.